The number of aromatic nitrogens is 2. The molecular weight excluding hydrogens is 296 g/mol. The van der Waals surface area contributed by atoms with Crippen molar-refractivity contribution in [1.29, 1.82) is 0 Å². The number of para-hydroxylation sites is 1. The maximum atomic E-state index is 12.4. The van der Waals surface area contributed by atoms with Crippen LogP contribution in [0.4, 0.5) is 0 Å². The van der Waals surface area contributed by atoms with E-state index >= 15 is 0 Å². The van der Waals surface area contributed by atoms with E-state index in [0.717, 1.165) is 6.26 Å². The monoisotopic (exact) mass is 312 g/mol. The van der Waals surface area contributed by atoms with Gasteiger partial charge in [0.2, 0.25) is 0 Å². The largest absolute Gasteiger partial charge is 0.332 e. The smallest absolute Gasteiger partial charge is 0.262 e. The van der Waals surface area contributed by atoms with Gasteiger partial charge in [0, 0.05) is 12.8 Å². The zero-order valence-corrected chi connectivity index (χ0v) is 13.1. The third-order valence-corrected chi connectivity index (χ3v) is 5.89. The number of sulfone groups is 1. The molecule has 1 aromatic carbocycles. The number of nitrogens with zero attached hydrogens (tertiary/aromatic N) is 1. The van der Waals surface area contributed by atoms with Crippen LogP contribution in [0, 0.1) is 4.77 Å². The molecule has 5 nitrogen and oxygen atoms in total. The summed E-state index contributed by atoms with van der Waals surface area (Å²) in [5.41, 5.74) is 0.372. The van der Waals surface area contributed by atoms with Crippen molar-refractivity contribution in [3.63, 3.8) is 0 Å². The molecule has 0 radical (unpaired) electrons. The van der Waals surface area contributed by atoms with Gasteiger partial charge in [-0.15, -0.1) is 0 Å². The molecular formula is C13H16N2O3S2. The molecule has 0 aliphatic rings. The maximum Gasteiger partial charge on any atom is 0.262 e. The van der Waals surface area contributed by atoms with Gasteiger partial charge in [-0.1, -0.05) is 12.1 Å². The second-order valence-corrected chi connectivity index (χ2v) is 8.44. The Balaban J connectivity index is 2.68. The van der Waals surface area contributed by atoms with Crippen LogP contribution in [0.15, 0.2) is 29.1 Å². The second-order valence-electron chi connectivity index (χ2n) is 5.40. The zero-order valence-electron chi connectivity index (χ0n) is 11.5. The van der Waals surface area contributed by atoms with Gasteiger partial charge < -0.3 is 4.98 Å². The van der Waals surface area contributed by atoms with E-state index in [1.54, 1.807) is 38.1 Å². The molecule has 0 atom stereocenters. The molecule has 0 amide bonds. The Labute approximate surface area is 122 Å². The fourth-order valence-electron chi connectivity index (χ4n) is 1.84. The van der Waals surface area contributed by atoms with Crippen LogP contribution >= 0.6 is 12.2 Å². The summed E-state index contributed by atoms with van der Waals surface area (Å²) in [6.07, 6.45) is 1.16. The molecule has 7 heteroatoms. The Morgan fingerprint density at radius 2 is 1.90 bits per heavy atom. The van der Waals surface area contributed by atoms with Crippen LogP contribution in [-0.4, -0.2) is 29.0 Å². The summed E-state index contributed by atoms with van der Waals surface area (Å²) in [7, 11) is -3.31. The van der Waals surface area contributed by atoms with Gasteiger partial charge in [0.15, 0.2) is 14.6 Å². The Morgan fingerprint density at radius 3 is 2.50 bits per heavy atom. The van der Waals surface area contributed by atoms with E-state index < -0.39 is 14.6 Å². The molecule has 0 fully saturated rings. The first-order valence-electron chi connectivity index (χ1n) is 6.05. The highest BCUT2D eigenvalue weighted by Crippen LogP contribution is 2.17. The van der Waals surface area contributed by atoms with Crippen molar-refractivity contribution in [3.05, 3.63) is 39.4 Å². The van der Waals surface area contributed by atoms with E-state index in [2.05, 4.69) is 4.98 Å². The molecule has 2 aromatic rings. The number of hydrogen-bond donors (Lipinski definition) is 1. The Morgan fingerprint density at radius 1 is 1.30 bits per heavy atom. The molecule has 0 spiro atoms. The molecule has 1 heterocycles. The Bertz CT molecular complexity index is 876. The van der Waals surface area contributed by atoms with E-state index in [9.17, 15) is 13.2 Å². The van der Waals surface area contributed by atoms with Gasteiger partial charge in [-0.05, 0) is 38.2 Å². The summed E-state index contributed by atoms with van der Waals surface area (Å²) in [5, 5.41) is 0.491. The second kappa shape index (κ2) is 4.82. The summed E-state index contributed by atoms with van der Waals surface area (Å²) < 4.78 is 24.0. The van der Waals surface area contributed by atoms with Crippen molar-refractivity contribution in [2.24, 2.45) is 0 Å². The standard InChI is InChI=1S/C13H16N2O3S2/c1-13(2,20(3,17)18)8-15-11(16)9-6-4-5-7-10(9)14-12(15)19/h4-7H,8H2,1-3H3,(H,14,19). The van der Waals surface area contributed by atoms with E-state index in [-0.39, 0.29) is 16.9 Å². The number of benzene rings is 1. The highest BCUT2D eigenvalue weighted by molar-refractivity contribution is 7.92. The maximum absolute atomic E-state index is 12.4. The predicted octanol–water partition coefficient (Wildman–Crippen LogP) is 1.88. The normalized spacial score (nSPS) is 12.8. The lowest BCUT2D eigenvalue weighted by molar-refractivity contribution is 0.491. The summed E-state index contributed by atoms with van der Waals surface area (Å²) in [6, 6.07) is 7.01. The Hall–Kier alpha value is -1.47. The predicted molar refractivity (Wildman–Crippen MR) is 82.3 cm³/mol. The first kappa shape index (κ1) is 14.9. The number of hydrogen-bond acceptors (Lipinski definition) is 4. The number of nitrogens with one attached hydrogen (secondary N) is 1. The highest BCUT2D eigenvalue weighted by atomic mass is 32.2. The average molecular weight is 312 g/mol. The SMILES string of the molecule is CC(C)(Cn1c(=S)[nH]c2ccccc2c1=O)S(C)(=O)=O. The van der Waals surface area contributed by atoms with E-state index in [1.807, 2.05) is 0 Å². The van der Waals surface area contributed by atoms with Crippen molar-refractivity contribution in [3.8, 4) is 0 Å². The lowest BCUT2D eigenvalue weighted by Gasteiger charge is -2.23. The van der Waals surface area contributed by atoms with Gasteiger partial charge in [-0.3, -0.25) is 9.36 Å². The average Bonchev–Trinajstić information content (AvgIpc) is 2.33. The molecule has 0 unspecified atom stereocenters. The van der Waals surface area contributed by atoms with Gasteiger partial charge in [0.05, 0.1) is 15.6 Å². The highest BCUT2D eigenvalue weighted by Gasteiger charge is 2.31. The van der Waals surface area contributed by atoms with Crippen molar-refractivity contribution in [2.75, 3.05) is 6.26 Å². The van der Waals surface area contributed by atoms with Crippen LogP contribution in [0.1, 0.15) is 13.8 Å². The zero-order chi connectivity index (χ0) is 15.1. The van der Waals surface area contributed by atoms with Crippen molar-refractivity contribution >= 4 is 33.0 Å². The molecule has 0 aliphatic heterocycles. The minimum Gasteiger partial charge on any atom is -0.332 e. The third kappa shape index (κ3) is 2.55. The lowest BCUT2D eigenvalue weighted by Crippen LogP contribution is -2.39. The molecule has 0 bridgehead atoms. The van der Waals surface area contributed by atoms with Crippen LogP contribution in [0.25, 0.3) is 10.9 Å². The van der Waals surface area contributed by atoms with Crippen LogP contribution in [0.5, 0.6) is 0 Å². The molecule has 0 saturated heterocycles. The summed E-state index contributed by atoms with van der Waals surface area (Å²) in [6.45, 7) is 3.18. The summed E-state index contributed by atoms with van der Waals surface area (Å²) in [5.74, 6) is 0. The van der Waals surface area contributed by atoms with E-state index in [4.69, 9.17) is 12.2 Å². The number of fused-ring (bicyclic) bond motifs is 1. The third-order valence-electron chi connectivity index (χ3n) is 3.43. The molecule has 0 saturated carbocycles. The molecule has 2 rings (SSSR count). The summed E-state index contributed by atoms with van der Waals surface area (Å²) >= 11 is 5.17. The molecule has 1 aromatic heterocycles. The van der Waals surface area contributed by atoms with Crippen molar-refractivity contribution in [1.82, 2.24) is 9.55 Å². The van der Waals surface area contributed by atoms with Crippen LogP contribution < -0.4 is 5.56 Å². The summed E-state index contributed by atoms with van der Waals surface area (Å²) in [4.78, 5) is 15.4. The minimum absolute atomic E-state index is 0.0187. The quantitative estimate of drug-likeness (QED) is 0.878. The first-order valence-corrected chi connectivity index (χ1v) is 8.35. The molecule has 1 N–H and O–H groups in total. The fourth-order valence-corrected chi connectivity index (χ4v) is 2.46. The van der Waals surface area contributed by atoms with Crippen LogP contribution in [-0.2, 0) is 16.4 Å². The molecule has 108 valence electrons. The van der Waals surface area contributed by atoms with Gasteiger partial charge in [-0.25, -0.2) is 8.42 Å². The first-order chi connectivity index (χ1) is 9.13. The topological polar surface area (TPSA) is 71.9 Å². The van der Waals surface area contributed by atoms with Crippen molar-refractivity contribution < 1.29 is 8.42 Å². The fraction of sp³-hybridized carbons (Fsp3) is 0.385. The Kier molecular flexibility index (Phi) is 3.60. The van der Waals surface area contributed by atoms with Gasteiger partial charge in [-0.2, -0.15) is 0 Å². The molecule has 0 aliphatic carbocycles. The van der Waals surface area contributed by atoms with E-state index in [0.29, 0.717) is 10.9 Å². The van der Waals surface area contributed by atoms with Crippen LogP contribution in [0.3, 0.4) is 0 Å². The van der Waals surface area contributed by atoms with Gasteiger partial charge in [0.1, 0.15) is 0 Å². The van der Waals surface area contributed by atoms with Gasteiger partial charge >= 0.3 is 0 Å². The lowest BCUT2D eigenvalue weighted by atomic mass is 10.2. The number of rotatable bonds is 3. The number of aromatic amines is 1. The molecule has 20 heavy (non-hydrogen) atoms. The van der Waals surface area contributed by atoms with Gasteiger partial charge in [0.25, 0.3) is 5.56 Å². The number of H-pyrrole nitrogens is 1. The van der Waals surface area contributed by atoms with E-state index in [1.165, 1.54) is 4.57 Å². The minimum atomic E-state index is -3.31. The van der Waals surface area contributed by atoms with Crippen LogP contribution in [0.2, 0.25) is 0 Å². The van der Waals surface area contributed by atoms with Crippen molar-refractivity contribution in [2.45, 2.75) is 25.1 Å².